The first-order valence-electron chi connectivity index (χ1n) is 9.47. The van der Waals surface area contributed by atoms with Crippen LogP contribution in [0.5, 0.6) is 11.5 Å². The maximum atomic E-state index is 11.9. The number of hydrogen-bond acceptors (Lipinski definition) is 6. The number of rotatable bonds is 9. The van der Waals surface area contributed by atoms with Gasteiger partial charge in [0.2, 0.25) is 5.91 Å². The van der Waals surface area contributed by atoms with E-state index in [1.807, 2.05) is 30.3 Å². The van der Waals surface area contributed by atoms with Crippen molar-refractivity contribution in [3.05, 3.63) is 100 Å². The molecule has 0 aliphatic carbocycles. The Morgan fingerprint density at radius 3 is 2.06 bits per heavy atom. The van der Waals surface area contributed by atoms with Crippen LogP contribution in [0, 0.1) is 10.1 Å². The largest absolute Gasteiger partial charge is 0.460 e. The number of esters is 1. The van der Waals surface area contributed by atoms with Crippen LogP contribution < -0.4 is 10.1 Å². The van der Waals surface area contributed by atoms with Crippen LogP contribution in [0.15, 0.2) is 78.9 Å². The SMILES string of the molecule is O=C(Cc1ccccc1)NCC(=O)OCc1ccc(Oc2ccc([N+](=O)[O-])cc2)cc1. The number of non-ortho nitro benzene ring substituents is 1. The Bertz CT molecular complexity index is 1030. The summed E-state index contributed by atoms with van der Waals surface area (Å²) < 4.78 is 10.8. The van der Waals surface area contributed by atoms with Gasteiger partial charge in [0.25, 0.3) is 5.69 Å². The Balaban J connectivity index is 1.40. The first kappa shape index (κ1) is 21.5. The van der Waals surface area contributed by atoms with Crippen LogP contribution in [0.25, 0.3) is 0 Å². The molecule has 0 aliphatic heterocycles. The molecule has 31 heavy (non-hydrogen) atoms. The molecule has 0 aromatic heterocycles. The summed E-state index contributed by atoms with van der Waals surface area (Å²) in [7, 11) is 0. The predicted molar refractivity (Wildman–Crippen MR) is 113 cm³/mol. The van der Waals surface area contributed by atoms with Crippen LogP contribution in [-0.4, -0.2) is 23.3 Å². The average molecular weight is 420 g/mol. The second-order valence-corrected chi connectivity index (χ2v) is 6.60. The standard InChI is InChI=1S/C23H20N2O6/c26-22(14-17-4-2-1-3-5-17)24-15-23(27)30-16-18-6-10-20(11-7-18)31-21-12-8-19(9-13-21)25(28)29/h1-13H,14-16H2,(H,24,26). The van der Waals surface area contributed by atoms with Gasteiger partial charge >= 0.3 is 5.97 Å². The van der Waals surface area contributed by atoms with Crippen molar-refractivity contribution in [2.24, 2.45) is 0 Å². The van der Waals surface area contributed by atoms with Crippen molar-refractivity contribution in [1.29, 1.82) is 0 Å². The van der Waals surface area contributed by atoms with Crippen molar-refractivity contribution in [2.75, 3.05) is 6.54 Å². The van der Waals surface area contributed by atoms with Gasteiger partial charge in [-0.3, -0.25) is 19.7 Å². The minimum absolute atomic E-state index is 0.0132. The maximum Gasteiger partial charge on any atom is 0.325 e. The van der Waals surface area contributed by atoms with Crippen LogP contribution in [0.2, 0.25) is 0 Å². The molecule has 1 amide bonds. The molecule has 8 heteroatoms. The fourth-order valence-corrected chi connectivity index (χ4v) is 2.66. The Labute approximate surface area is 178 Å². The van der Waals surface area contributed by atoms with Gasteiger partial charge in [-0.15, -0.1) is 0 Å². The molecule has 3 rings (SSSR count). The number of amides is 1. The smallest absolute Gasteiger partial charge is 0.325 e. The molecule has 0 bridgehead atoms. The number of nitro benzene ring substituents is 1. The molecule has 0 aliphatic rings. The number of benzene rings is 3. The van der Waals surface area contributed by atoms with Gasteiger partial charge in [-0.05, 0) is 35.4 Å². The van der Waals surface area contributed by atoms with E-state index in [9.17, 15) is 19.7 Å². The van der Waals surface area contributed by atoms with Crippen LogP contribution >= 0.6 is 0 Å². The molecule has 0 fully saturated rings. The first-order valence-corrected chi connectivity index (χ1v) is 9.47. The van der Waals surface area contributed by atoms with Gasteiger partial charge in [-0.1, -0.05) is 42.5 Å². The Hall–Kier alpha value is -4.20. The van der Waals surface area contributed by atoms with E-state index in [1.165, 1.54) is 24.3 Å². The molecule has 1 N–H and O–H groups in total. The van der Waals surface area contributed by atoms with E-state index < -0.39 is 10.9 Å². The third kappa shape index (κ3) is 6.97. The van der Waals surface area contributed by atoms with Crippen molar-refractivity contribution in [2.45, 2.75) is 13.0 Å². The molecular weight excluding hydrogens is 400 g/mol. The number of nitrogens with zero attached hydrogens (tertiary/aromatic N) is 1. The van der Waals surface area contributed by atoms with Gasteiger partial charge in [0.05, 0.1) is 11.3 Å². The molecule has 8 nitrogen and oxygen atoms in total. The molecule has 0 saturated heterocycles. The van der Waals surface area contributed by atoms with E-state index >= 15 is 0 Å². The van der Waals surface area contributed by atoms with E-state index in [-0.39, 0.29) is 31.2 Å². The summed E-state index contributed by atoms with van der Waals surface area (Å²) in [5.41, 5.74) is 1.60. The molecular formula is C23H20N2O6. The van der Waals surface area contributed by atoms with Crippen molar-refractivity contribution < 1.29 is 24.0 Å². The third-order valence-corrected chi connectivity index (χ3v) is 4.24. The monoisotopic (exact) mass is 420 g/mol. The summed E-state index contributed by atoms with van der Waals surface area (Å²) in [5.74, 6) is 0.219. The highest BCUT2D eigenvalue weighted by Crippen LogP contribution is 2.24. The second kappa shape index (κ2) is 10.5. The molecule has 0 heterocycles. The molecule has 0 saturated carbocycles. The van der Waals surface area contributed by atoms with Crippen molar-refractivity contribution in [1.82, 2.24) is 5.32 Å². The molecule has 158 valence electrons. The van der Waals surface area contributed by atoms with Gasteiger partial charge in [0, 0.05) is 12.1 Å². The maximum absolute atomic E-state index is 11.9. The lowest BCUT2D eigenvalue weighted by molar-refractivity contribution is -0.384. The van der Waals surface area contributed by atoms with Crippen LogP contribution in [0.3, 0.4) is 0 Å². The highest BCUT2D eigenvalue weighted by atomic mass is 16.6. The average Bonchev–Trinajstić information content (AvgIpc) is 2.78. The zero-order chi connectivity index (χ0) is 22.1. The molecule has 0 unspecified atom stereocenters. The summed E-state index contributed by atoms with van der Waals surface area (Å²) in [4.78, 5) is 33.9. The molecule has 3 aromatic carbocycles. The zero-order valence-corrected chi connectivity index (χ0v) is 16.5. The Morgan fingerprint density at radius 2 is 1.45 bits per heavy atom. The summed E-state index contributed by atoms with van der Waals surface area (Å²) in [6.07, 6.45) is 0.199. The number of ether oxygens (including phenoxy) is 2. The molecule has 0 radical (unpaired) electrons. The number of carbonyl (C=O) groups is 2. The number of nitrogens with one attached hydrogen (secondary N) is 1. The normalized spacial score (nSPS) is 10.2. The van der Waals surface area contributed by atoms with Gasteiger partial charge in [-0.2, -0.15) is 0 Å². The lowest BCUT2D eigenvalue weighted by Crippen LogP contribution is -2.31. The van der Waals surface area contributed by atoms with Gasteiger partial charge in [-0.25, -0.2) is 0 Å². The van der Waals surface area contributed by atoms with E-state index in [0.717, 1.165) is 11.1 Å². The first-order chi connectivity index (χ1) is 15.0. The quantitative estimate of drug-likeness (QED) is 0.321. The predicted octanol–water partition coefficient (Wildman–Crippen LogP) is 3.79. The number of nitro groups is 1. The van der Waals surface area contributed by atoms with E-state index in [2.05, 4.69) is 5.32 Å². The van der Waals surface area contributed by atoms with E-state index in [0.29, 0.717) is 11.5 Å². The van der Waals surface area contributed by atoms with Gasteiger partial charge < -0.3 is 14.8 Å². The fourth-order valence-electron chi connectivity index (χ4n) is 2.66. The van der Waals surface area contributed by atoms with E-state index in [4.69, 9.17) is 9.47 Å². The summed E-state index contributed by atoms with van der Waals surface area (Å²) in [6.45, 7) is -0.141. The lowest BCUT2D eigenvalue weighted by Gasteiger charge is -2.08. The van der Waals surface area contributed by atoms with Gasteiger partial charge in [0.15, 0.2) is 0 Å². The fraction of sp³-hybridized carbons (Fsp3) is 0.130. The second-order valence-electron chi connectivity index (χ2n) is 6.60. The molecule has 3 aromatic rings. The van der Waals surface area contributed by atoms with Crippen molar-refractivity contribution in [3.8, 4) is 11.5 Å². The van der Waals surface area contributed by atoms with Gasteiger partial charge in [0.1, 0.15) is 24.7 Å². The third-order valence-electron chi connectivity index (χ3n) is 4.24. The summed E-state index contributed by atoms with van der Waals surface area (Å²) >= 11 is 0. The highest BCUT2D eigenvalue weighted by molar-refractivity contribution is 5.83. The number of hydrogen-bond donors (Lipinski definition) is 1. The van der Waals surface area contributed by atoms with Crippen LogP contribution in [-0.2, 0) is 27.4 Å². The van der Waals surface area contributed by atoms with Crippen molar-refractivity contribution >= 4 is 17.6 Å². The highest BCUT2D eigenvalue weighted by Gasteiger charge is 2.08. The Morgan fingerprint density at radius 1 is 0.839 bits per heavy atom. The van der Waals surface area contributed by atoms with E-state index in [1.54, 1.807) is 24.3 Å². The van der Waals surface area contributed by atoms with Crippen LogP contribution in [0.4, 0.5) is 5.69 Å². The van der Waals surface area contributed by atoms with Crippen molar-refractivity contribution in [3.63, 3.8) is 0 Å². The zero-order valence-electron chi connectivity index (χ0n) is 16.5. The minimum atomic E-state index is -0.535. The van der Waals surface area contributed by atoms with Crippen LogP contribution in [0.1, 0.15) is 11.1 Å². The summed E-state index contributed by atoms with van der Waals surface area (Å²) in [6, 6.07) is 21.9. The summed E-state index contributed by atoms with van der Waals surface area (Å²) in [5, 5.41) is 13.2. The molecule has 0 spiro atoms. The topological polar surface area (TPSA) is 108 Å². The lowest BCUT2D eigenvalue weighted by atomic mass is 10.1. The molecule has 0 atom stereocenters. The minimum Gasteiger partial charge on any atom is -0.460 e. The number of carbonyl (C=O) groups excluding carboxylic acids is 2. The Kier molecular flexibility index (Phi) is 7.31.